The highest BCUT2D eigenvalue weighted by molar-refractivity contribution is 5.93. The van der Waals surface area contributed by atoms with Gasteiger partial charge >= 0.3 is 0 Å². The summed E-state index contributed by atoms with van der Waals surface area (Å²) in [5, 5.41) is 8.69. The van der Waals surface area contributed by atoms with Crippen LogP contribution in [0.2, 0.25) is 0 Å². The van der Waals surface area contributed by atoms with Crippen molar-refractivity contribution in [1.29, 1.82) is 0 Å². The molecule has 9 heteroatoms. The predicted molar refractivity (Wildman–Crippen MR) is 120 cm³/mol. The lowest BCUT2D eigenvalue weighted by atomic mass is 10.1. The van der Waals surface area contributed by atoms with E-state index in [9.17, 15) is 0 Å². The van der Waals surface area contributed by atoms with E-state index in [1.165, 1.54) is 6.33 Å². The van der Waals surface area contributed by atoms with Gasteiger partial charge in [0.05, 0.1) is 17.6 Å². The first kappa shape index (κ1) is 17.3. The van der Waals surface area contributed by atoms with Crippen LogP contribution in [0.4, 0.5) is 17.6 Å². The molecule has 0 amide bonds. The lowest BCUT2D eigenvalue weighted by Gasteiger charge is -2.06. The van der Waals surface area contributed by atoms with Crippen LogP contribution in [0.3, 0.4) is 0 Å². The lowest BCUT2D eigenvalue weighted by molar-refractivity contribution is 0.996. The van der Waals surface area contributed by atoms with Gasteiger partial charge in [0.15, 0.2) is 11.5 Å². The summed E-state index contributed by atoms with van der Waals surface area (Å²) in [7, 11) is 0. The Morgan fingerprint density at radius 2 is 1.71 bits per heavy atom. The summed E-state index contributed by atoms with van der Waals surface area (Å²) >= 11 is 0. The number of anilines is 3. The van der Waals surface area contributed by atoms with Gasteiger partial charge in [0.1, 0.15) is 23.5 Å². The molecule has 4 N–H and O–H groups in total. The second kappa shape index (κ2) is 7.06. The van der Waals surface area contributed by atoms with E-state index in [4.69, 9.17) is 0 Å². The molecule has 0 atom stereocenters. The minimum absolute atomic E-state index is 0.494. The maximum Gasteiger partial charge on any atom is 0.208 e. The van der Waals surface area contributed by atoms with Crippen molar-refractivity contribution in [3.8, 4) is 0 Å². The first-order valence-corrected chi connectivity index (χ1v) is 9.82. The number of aromatic amines is 2. The van der Waals surface area contributed by atoms with Crippen LogP contribution in [-0.4, -0.2) is 34.9 Å². The van der Waals surface area contributed by atoms with Gasteiger partial charge in [0.25, 0.3) is 0 Å². The highest BCUT2D eigenvalue weighted by atomic mass is 15.2. The maximum absolute atomic E-state index is 4.59. The van der Waals surface area contributed by atoms with Crippen LogP contribution < -0.4 is 10.6 Å². The number of imidazole rings is 2. The van der Waals surface area contributed by atoms with E-state index in [-0.39, 0.29) is 0 Å². The van der Waals surface area contributed by atoms with Gasteiger partial charge in [-0.15, -0.1) is 0 Å². The number of aromatic nitrogens is 7. The van der Waals surface area contributed by atoms with E-state index in [1.54, 1.807) is 6.20 Å². The lowest BCUT2D eigenvalue weighted by Crippen LogP contribution is -2.04. The number of nitrogens with one attached hydrogen (secondary N) is 4. The minimum atomic E-state index is 0.494. The van der Waals surface area contributed by atoms with E-state index in [0.29, 0.717) is 29.5 Å². The number of rotatable bonds is 5. The molecule has 2 aromatic carbocycles. The van der Waals surface area contributed by atoms with E-state index >= 15 is 0 Å². The summed E-state index contributed by atoms with van der Waals surface area (Å²) in [4.78, 5) is 28.8. The predicted octanol–water partition coefficient (Wildman–Crippen LogP) is 4.13. The molecule has 0 spiro atoms. The van der Waals surface area contributed by atoms with Gasteiger partial charge in [-0.25, -0.2) is 19.9 Å². The zero-order valence-corrected chi connectivity index (χ0v) is 16.3. The standard InChI is InChI=1S/C22H17N9/c1-2-6-14-13(5-1)9-10-23-19(14)30-22-29-18-20(25-12-26-21(18)31-22)24-11-17-27-15-7-3-4-8-16(15)28-17/h1-10,12H,11H2,(H,27,28)(H3,23,24,25,26,29,30,31). The molecule has 0 saturated carbocycles. The van der Waals surface area contributed by atoms with Crippen LogP contribution in [-0.2, 0) is 6.54 Å². The van der Waals surface area contributed by atoms with E-state index < -0.39 is 0 Å². The van der Waals surface area contributed by atoms with Crippen molar-refractivity contribution >= 4 is 50.6 Å². The van der Waals surface area contributed by atoms with Crippen molar-refractivity contribution in [3.63, 3.8) is 0 Å². The van der Waals surface area contributed by atoms with Crippen molar-refractivity contribution in [1.82, 2.24) is 34.9 Å². The first-order chi connectivity index (χ1) is 15.3. The molecule has 9 nitrogen and oxygen atoms in total. The molecule has 0 fully saturated rings. The van der Waals surface area contributed by atoms with Gasteiger partial charge in [-0.2, -0.15) is 4.98 Å². The third-order valence-corrected chi connectivity index (χ3v) is 5.06. The van der Waals surface area contributed by atoms with Crippen molar-refractivity contribution in [2.75, 3.05) is 10.6 Å². The Balaban J connectivity index is 1.29. The largest absolute Gasteiger partial charge is 0.361 e. The second-order valence-electron chi connectivity index (χ2n) is 7.07. The highest BCUT2D eigenvalue weighted by Gasteiger charge is 2.12. The van der Waals surface area contributed by atoms with Crippen LogP contribution in [0.15, 0.2) is 67.1 Å². The van der Waals surface area contributed by atoms with Gasteiger partial charge < -0.3 is 20.6 Å². The maximum atomic E-state index is 4.59. The van der Waals surface area contributed by atoms with Gasteiger partial charge in [-0.05, 0) is 23.6 Å². The number of nitrogens with zero attached hydrogens (tertiary/aromatic N) is 5. The Kier molecular flexibility index (Phi) is 3.95. The molecule has 150 valence electrons. The normalized spacial score (nSPS) is 11.4. The molecule has 31 heavy (non-hydrogen) atoms. The highest BCUT2D eigenvalue weighted by Crippen LogP contribution is 2.25. The van der Waals surface area contributed by atoms with Gasteiger partial charge in [-0.3, -0.25) is 0 Å². The fraction of sp³-hybridized carbons (Fsp3) is 0.0455. The molecule has 6 rings (SSSR count). The molecule has 0 bridgehead atoms. The molecule has 0 saturated heterocycles. The zero-order chi connectivity index (χ0) is 20.6. The Morgan fingerprint density at radius 3 is 2.68 bits per heavy atom. The van der Waals surface area contributed by atoms with Crippen molar-refractivity contribution in [3.05, 3.63) is 72.9 Å². The summed E-state index contributed by atoms with van der Waals surface area (Å²) < 4.78 is 0. The van der Waals surface area contributed by atoms with Crippen LogP contribution in [0.5, 0.6) is 0 Å². The van der Waals surface area contributed by atoms with Crippen molar-refractivity contribution < 1.29 is 0 Å². The average molecular weight is 407 g/mol. The molecular weight excluding hydrogens is 390 g/mol. The number of fused-ring (bicyclic) bond motifs is 3. The summed E-state index contributed by atoms with van der Waals surface area (Å²) in [6, 6.07) is 18.0. The zero-order valence-electron chi connectivity index (χ0n) is 16.3. The molecule has 0 unspecified atom stereocenters. The third kappa shape index (κ3) is 3.18. The van der Waals surface area contributed by atoms with Crippen molar-refractivity contribution in [2.45, 2.75) is 6.54 Å². The number of H-pyrrole nitrogens is 2. The molecule has 4 aromatic heterocycles. The number of pyridine rings is 1. The second-order valence-corrected chi connectivity index (χ2v) is 7.07. The van der Waals surface area contributed by atoms with Gasteiger partial charge in [0.2, 0.25) is 5.95 Å². The Hall–Kier alpha value is -4.53. The fourth-order valence-corrected chi connectivity index (χ4v) is 3.61. The molecule has 4 heterocycles. The molecule has 0 radical (unpaired) electrons. The summed E-state index contributed by atoms with van der Waals surface area (Å²) in [5.41, 5.74) is 3.21. The minimum Gasteiger partial charge on any atom is -0.361 e. The van der Waals surface area contributed by atoms with Crippen LogP contribution >= 0.6 is 0 Å². The van der Waals surface area contributed by atoms with Crippen LogP contribution in [0.25, 0.3) is 33.0 Å². The molecule has 6 aromatic rings. The van der Waals surface area contributed by atoms with Gasteiger partial charge in [-0.1, -0.05) is 36.4 Å². The number of hydrogen-bond donors (Lipinski definition) is 4. The molecular formula is C22H17N9. The first-order valence-electron chi connectivity index (χ1n) is 9.82. The third-order valence-electron chi connectivity index (χ3n) is 5.06. The van der Waals surface area contributed by atoms with Crippen LogP contribution in [0.1, 0.15) is 5.82 Å². The fourth-order valence-electron chi connectivity index (χ4n) is 3.61. The summed E-state index contributed by atoms with van der Waals surface area (Å²) in [6.45, 7) is 0.494. The number of benzene rings is 2. The SMILES string of the molecule is c1ccc2c(Nc3nc4ncnc(NCc5nc6ccccc6[nH]5)c4[nH]3)nccc2c1. The quantitative estimate of drug-likeness (QED) is 0.339. The Labute approximate surface area is 176 Å². The monoisotopic (exact) mass is 407 g/mol. The summed E-state index contributed by atoms with van der Waals surface area (Å²) in [5.74, 6) is 2.75. The van der Waals surface area contributed by atoms with E-state index in [0.717, 1.165) is 33.4 Å². The van der Waals surface area contributed by atoms with E-state index in [2.05, 4.69) is 45.5 Å². The smallest absolute Gasteiger partial charge is 0.208 e. The van der Waals surface area contributed by atoms with Gasteiger partial charge in [0, 0.05) is 11.6 Å². The van der Waals surface area contributed by atoms with Crippen molar-refractivity contribution in [2.24, 2.45) is 0 Å². The molecule has 0 aliphatic carbocycles. The van der Waals surface area contributed by atoms with Crippen LogP contribution in [0, 0.1) is 0 Å². The molecule has 0 aliphatic rings. The van der Waals surface area contributed by atoms with E-state index in [1.807, 2.05) is 54.6 Å². The number of para-hydroxylation sites is 2. The Bertz CT molecular complexity index is 1490. The summed E-state index contributed by atoms with van der Waals surface area (Å²) in [6.07, 6.45) is 3.26. The molecule has 0 aliphatic heterocycles. The number of hydrogen-bond acceptors (Lipinski definition) is 7. The topological polar surface area (TPSA) is 120 Å². The average Bonchev–Trinajstić information content (AvgIpc) is 3.41. The Morgan fingerprint density at radius 1 is 0.806 bits per heavy atom.